The van der Waals surface area contributed by atoms with Crippen LogP contribution in [0.15, 0.2) is 24.3 Å². The van der Waals surface area contributed by atoms with Crippen molar-refractivity contribution in [3.8, 4) is 0 Å². The van der Waals surface area contributed by atoms with Gasteiger partial charge in [0.1, 0.15) is 6.54 Å². The molecule has 1 saturated heterocycles. The number of benzene rings is 1. The summed E-state index contributed by atoms with van der Waals surface area (Å²) < 4.78 is 5.99. The van der Waals surface area contributed by atoms with Gasteiger partial charge in [-0.25, -0.2) is 4.79 Å². The lowest BCUT2D eigenvalue weighted by atomic mass is 10.1. The van der Waals surface area contributed by atoms with E-state index in [1.54, 1.807) is 4.90 Å². The van der Waals surface area contributed by atoms with E-state index in [4.69, 9.17) is 16.3 Å². The molecule has 0 aliphatic carbocycles. The molecule has 0 bridgehead atoms. The highest BCUT2D eigenvalue weighted by Gasteiger charge is 2.31. The quantitative estimate of drug-likeness (QED) is 0.715. The van der Waals surface area contributed by atoms with Crippen molar-refractivity contribution in [2.45, 2.75) is 13.5 Å². The number of carbonyl (C=O) groups excluding carboxylic acids is 1. The monoisotopic (exact) mass is 332 g/mol. The second-order valence-electron chi connectivity index (χ2n) is 5.54. The Kier molecular flexibility index (Phi) is 6.78. The van der Waals surface area contributed by atoms with Crippen LogP contribution in [0.5, 0.6) is 0 Å². The molecule has 1 aliphatic heterocycles. The molecule has 0 N–H and O–H groups in total. The molecular formula is C15H22Cl2N2O2. The summed E-state index contributed by atoms with van der Waals surface area (Å²) in [6.07, 6.45) is -0.190. The largest absolute Gasteiger partial charge is 1.00 e. The Bertz CT molecular complexity index is 457. The number of nitrogens with zero attached hydrogens (tertiary/aromatic N) is 2. The molecule has 0 atom stereocenters. The van der Waals surface area contributed by atoms with Crippen LogP contribution < -0.4 is 12.4 Å². The van der Waals surface area contributed by atoms with Gasteiger partial charge in [0.2, 0.25) is 0 Å². The predicted octanol–water partition coefficient (Wildman–Crippen LogP) is -0.237. The van der Waals surface area contributed by atoms with Crippen molar-refractivity contribution in [1.29, 1.82) is 0 Å². The summed E-state index contributed by atoms with van der Waals surface area (Å²) in [5.41, 5.74) is 1.28. The number of ether oxygens (including phenoxy) is 1. The molecule has 21 heavy (non-hydrogen) atoms. The van der Waals surface area contributed by atoms with Gasteiger partial charge in [-0.15, -0.1) is 0 Å². The van der Waals surface area contributed by atoms with Crippen LogP contribution in [0.25, 0.3) is 0 Å². The van der Waals surface area contributed by atoms with Crippen molar-refractivity contribution in [1.82, 2.24) is 4.90 Å². The molecule has 1 aromatic carbocycles. The van der Waals surface area contributed by atoms with Crippen molar-refractivity contribution >= 4 is 17.7 Å². The number of rotatable bonds is 3. The molecule has 0 radical (unpaired) electrons. The van der Waals surface area contributed by atoms with Gasteiger partial charge in [0.15, 0.2) is 0 Å². The summed E-state index contributed by atoms with van der Waals surface area (Å²) in [6.45, 7) is 6.64. The standard InChI is InChI=1S/C15H22ClN2O2.ClH/c1-3-20-15(19)17-8-10-18(2,11-9-17)12-13-4-6-14(16)7-5-13;/h4-7H,3,8-12H2,1-2H3;1H/q+1;/p-1. The van der Waals surface area contributed by atoms with E-state index in [1.807, 2.05) is 19.1 Å². The maximum absolute atomic E-state index is 11.7. The number of hydrogen-bond donors (Lipinski definition) is 0. The Morgan fingerprint density at radius 1 is 1.29 bits per heavy atom. The van der Waals surface area contributed by atoms with Gasteiger partial charge in [0.25, 0.3) is 0 Å². The van der Waals surface area contributed by atoms with Crippen molar-refractivity contribution < 1.29 is 26.4 Å². The summed E-state index contributed by atoms with van der Waals surface area (Å²) in [5.74, 6) is 0. The summed E-state index contributed by atoms with van der Waals surface area (Å²) in [6, 6.07) is 8.00. The number of carbonyl (C=O) groups is 1. The minimum atomic E-state index is -0.190. The van der Waals surface area contributed by atoms with Crippen molar-refractivity contribution in [2.75, 3.05) is 39.8 Å². The van der Waals surface area contributed by atoms with E-state index in [0.717, 1.165) is 42.2 Å². The van der Waals surface area contributed by atoms with Crippen LogP contribution in [-0.4, -0.2) is 55.3 Å². The topological polar surface area (TPSA) is 29.5 Å². The highest BCUT2D eigenvalue weighted by molar-refractivity contribution is 6.30. The van der Waals surface area contributed by atoms with Crippen LogP contribution in [0.4, 0.5) is 4.79 Å². The highest BCUT2D eigenvalue weighted by atomic mass is 35.5. The molecule has 1 aromatic rings. The fourth-order valence-corrected chi connectivity index (χ4v) is 2.66. The lowest BCUT2D eigenvalue weighted by molar-refractivity contribution is -0.926. The maximum atomic E-state index is 11.7. The second-order valence-corrected chi connectivity index (χ2v) is 5.97. The molecule has 4 nitrogen and oxygen atoms in total. The first-order valence-electron chi connectivity index (χ1n) is 7.02. The zero-order valence-electron chi connectivity index (χ0n) is 12.5. The fraction of sp³-hybridized carbons (Fsp3) is 0.533. The third-order valence-electron chi connectivity index (χ3n) is 3.82. The first kappa shape index (κ1) is 18.1. The molecule has 118 valence electrons. The lowest BCUT2D eigenvalue weighted by Crippen LogP contribution is -3.00. The third-order valence-corrected chi connectivity index (χ3v) is 4.08. The molecule has 6 heteroatoms. The van der Waals surface area contributed by atoms with Crippen LogP contribution in [0.1, 0.15) is 12.5 Å². The molecule has 1 aliphatic rings. The number of likely N-dealkylation sites (N-methyl/N-ethyl adjacent to an activating group) is 1. The zero-order chi connectivity index (χ0) is 14.6. The minimum Gasteiger partial charge on any atom is -1.00 e. The number of quaternary nitrogens is 1. The first-order valence-corrected chi connectivity index (χ1v) is 7.40. The average molecular weight is 333 g/mol. The number of piperazine rings is 1. The SMILES string of the molecule is CCOC(=O)N1CC[N+](C)(Cc2ccc(Cl)cc2)CC1.[Cl-]. The summed E-state index contributed by atoms with van der Waals surface area (Å²) in [5, 5.41) is 0.767. The number of amides is 1. The van der Waals surface area contributed by atoms with E-state index >= 15 is 0 Å². The Hall–Kier alpha value is -0.970. The maximum Gasteiger partial charge on any atom is 0.410 e. The summed E-state index contributed by atoms with van der Waals surface area (Å²) >= 11 is 5.91. The second kappa shape index (κ2) is 7.87. The van der Waals surface area contributed by atoms with Crippen LogP contribution in [0.2, 0.25) is 5.02 Å². The van der Waals surface area contributed by atoms with Crippen LogP contribution >= 0.6 is 11.6 Å². The Balaban J connectivity index is 0.00000220. The summed E-state index contributed by atoms with van der Waals surface area (Å²) in [4.78, 5) is 13.5. The van der Waals surface area contributed by atoms with Crippen LogP contribution in [0, 0.1) is 0 Å². The molecule has 1 fully saturated rings. The van der Waals surface area contributed by atoms with E-state index in [2.05, 4.69) is 19.2 Å². The molecule has 0 saturated carbocycles. The molecule has 0 aromatic heterocycles. The summed E-state index contributed by atoms with van der Waals surface area (Å²) in [7, 11) is 2.23. The van der Waals surface area contributed by atoms with E-state index in [9.17, 15) is 4.79 Å². The van der Waals surface area contributed by atoms with Crippen molar-refractivity contribution in [3.63, 3.8) is 0 Å². The van der Waals surface area contributed by atoms with E-state index < -0.39 is 0 Å². The van der Waals surface area contributed by atoms with E-state index in [1.165, 1.54) is 5.56 Å². The third kappa shape index (κ3) is 5.06. The highest BCUT2D eigenvalue weighted by Crippen LogP contribution is 2.18. The fourth-order valence-electron chi connectivity index (χ4n) is 2.53. The Labute approximate surface area is 137 Å². The minimum absolute atomic E-state index is 0. The molecule has 1 heterocycles. The van der Waals surface area contributed by atoms with Gasteiger partial charge >= 0.3 is 6.09 Å². The molecule has 2 rings (SSSR count). The zero-order valence-corrected chi connectivity index (χ0v) is 14.0. The van der Waals surface area contributed by atoms with Crippen LogP contribution in [-0.2, 0) is 11.3 Å². The van der Waals surface area contributed by atoms with Crippen LogP contribution in [0.3, 0.4) is 0 Å². The van der Waals surface area contributed by atoms with E-state index in [-0.39, 0.29) is 18.5 Å². The molecule has 1 amide bonds. The molecular weight excluding hydrogens is 311 g/mol. The first-order chi connectivity index (χ1) is 9.52. The molecule has 0 spiro atoms. The number of hydrogen-bond acceptors (Lipinski definition) is 2. The lowest BCUT2D eigenvalue weighted by Gasteiger charge is -2.41. The van der Waals surface area contributed by atoms with Gasteiger partial charge in [0, 0.05) is 10.6 Å². The smallest absolute Gasteiger partial charge is 0.410 e. The van der Waals surface area contributed by atoms with Gasteiger partial charge in [-0.3, -0.25) is 4.90 Å². The van der Waals surface area contributed by atoms with Gasteiger partial charge in [-0.05, 0) is 19.1 Å². The van der Waals surface area contributed by atoms with Gasteiger partial charge in [0.05, 0.1) is 39.8 Å². The van der Waals surface area contributed by atoms with Gasteiger partial charge in [-0.2, -0.15) is 0 Å². The predicted molar refractivity (Wildman–Crippen MR) is 79.7 cm³/mol. The van der Waals surface area contributed by atoms with Crippen molar-refractivity contribution in [2.24, 2.45) is 0 Å². The van der Waals surface area contributed by atoms with Crippen molar-refractivity contribution in [3.05, 3.63) is 34.9 Å². The average Bonchev–Trinajstić information content (AvgIpc) is 2.42. The van der Waals surface area contributed by atoms with E-state index in [0.29, 0.717) is 6.61 Å². The van der Waals surface area contributed by atoms with Gasteiger partial charge in [-0.1, -0.05) is 23.7 Å². The Morgan fingerprint density at radius 2 is 1.86 bits per heavy atom. The number of halogens is 2. The molecule has 0 unspecified atom stereocenters. The Morgan fingerprint density at radius 3 is 2.38 bits per heavy atom. The normalized spacial score (nSPS) is 17.0. The van der Waals surface area contributed by atoms with Gasteiger partial charge < -0.3 is 21.6 Å².